The van der Waals surface area contributed by atoms with E-state index in [0.29, 0.717) is 44.7 Å². The molecule has 4 amide bonds. The topological polar surface area (TPSA) is 115 Å². The number of aromatic amines is 1. The van der Waals surface area contributed by atoms with Gasteiger partial charge in [0, 0.05) is 31.6 Å². The van der Waals surface area contributed by atoms with Crippen molar-refractivity contribution in [2.24, 2.45) is 0 Å². The quantitative estimate of drug-likeness (QED) is 0.728. The van der Waals surface area contributed by atoms with Crippen LogP contribution in [0.15, 0.2) is 10.9 Å². The maximum atomic E-state index is 12.6. The average molecular weight is 375 g/mol. The van der Waals surface area contributed by atoms with Crippen LogP contribution in [0.2, 0.25) is 0 Å². The summed E-state index contributed by atoms with van der Waals surface area (Å²) in [5, 5.41) is 2.60. The Morgan fingerprint density at radius 3 is 2.59 bits per heavy atom. The molecule has 146 valence electrons. The number of nitrogens with one attached hydrogen (secondary N) is 2. The molecule has 3 heterocycles. The highest BCUT2D eigenvalue weighted by Gasteiger charge is 2.39. The molecule has 0 unspecified atom stereocenters. The Hall–Kier alpha value is -2.71. The molecule has 2 saturated heterocycles. The van der Waals surface area contributed by atoms with Crippen molar-refractivity contribution < 1.29 is 14.4 Å². The molecule has 1 aromatic heterocycles. The second-order valence-electron chi connectivity index (χ2n) is 7.11. The summed E-state index contributed by atoms with van der Waals surface area (Å²) in [5.41, 5.74) is 0.597. The molecule has 2 aliphatic rings. The number of rotatable bonds is 5. The molecular weight excluding hydrogens is 350 g/mol. The van der Waals surface area contributed by atoms with E-state index in [1.807, 2.05) is 6.92 Å². The van der Waals surface area contributed by atoms with Crippen molar-refractivity contribution in [1.29, 1.82) is 0 Å². The zero-order valence-electron chi connectivity index (χ0n) is 15.7. The maximum absolute atomic E-state index is 12.6. The van der Waals surface area contributed by atoms with E-state index >= 15 is 0 Å². The molecular formula is C18H25N5O4. The molecule has 0 radical (unpaired) electrons. The van der Waals surface area contributed by atoms with Gasteiger partial charge >= 0.3 is 6.03 Å². The molecule has 2 aliphatic heterocycles. The van der Waals surface area contributed by atoms with Gasteiger partial charge in [0.25, 0.3) is 11.5 Å². The molecule has 27 heavy (non-hydrogen) atoms. The van der Waals surface area contributed by atoms with Crippen LogP contribution in [0.1, 0.15) is 50.0 Å². The van der Waals surface area contributed by atoms with Gasteiger partial charge in [-0.15, -0.1) is 0 Å². The second kappa shape index (κ2) is 7.89. The maximum Gasteiger partial charge on any atom is 0.324 e. The highest BCUT2D eigenvalue weighted by molar-refractivity contribution is 6.05. The predicted octanol–water partition coefficient (Wildman–Crippen LogP) is 0.505. The standard InChI is InChI=1S/C18H25N5O4/c1-3-6-23-17(26)14(21-18(23)27)10-16(25)22-7-4-12(5-8-22)13-9-15(24)20-11(2)19-13/h9,12,14H,3-8,10H2,1-2H3,(H,21,27)(H,19,20,24)/t14-/m0/s1. The monoisotopic (exact) mass is 375 g/mol. The average Bonchev–Trinajstić information content (AvgIpc) is 2.89. The van der Waals surface area contributed by atoms with Crippen LogP contribution in [0.5, 0.6) is 0 Å². The summed E-state index contributed by atoms with van der Waals surface area (Å²) in [6, 6.07) is 0.324. The van der Waals surface area contributed by atoms with Crippen LogP contribution in [0.3, 0.4) is 0 Å². The van der Waals surface area contributed by atoms with Crippen molar-refractivity contribution in [2.75, 3.05) is 19.6 Å². The molecule has 0 spiro atoms. The lowest BCUT2D eigenvalue weighted by Gasteiger charge is -2.32. The van der Waals surface area contributed by atoms with Gasteiger partial charge in [0.2, 0.25) is 5.91 Å². The number of aromatic nitrogens is 2. The van der Waals surface area contributed by atoms with E-state index in [-0.39, 0.29) is 29.7 Å². The van der Waals surface area contributed by atoms with E-state index in [9.17, 15) is 19.2 Å². The number of hydrogen-bond acceptors (Lipinski definition) is 5. The van der Waals surface area contributed by atoms with E-state index in [4.69, 9.17) is 0 Å². The largest absolute Gasteiger partial charge is 0.343 e. The molecule has 3 rings (SSSR count). The van der Waals surface area contributed by atoms with Crippen molar-refractivity contribution in [3.8, 4) is 0 Å². The summed E-state index contributed by atoms with van der Waals surface area (Å²) in [4.78, 5) is 58.2. The van der Waals surface area contributed by atoms with Gasteiger partial charge in [0.05, 0.1) is 12.1 Å². The highest BCUT2D eigenvalue weighted by atomic mass is 16.2. The molecule has 9 nitrogen and oxygen atoms in total. The van der Waals surface area contributed by atoms with Crippen molar-refractivity contribution in [1.82, 2.24) is 25.1 Å². The number of amides is 4. The number of nitrogens with zero attached hydrogens (tertiary/aromatic N) is 3. The fourth-order valence-corrected chi connectivity index (χ4v) is 3.69. The van der Waals surface area contributed by atoms with Crippen LogP contribution in [0, 0.1) is 6.92 Å². The third-order valence-corrected chi connectivity index (χ3v) is 5.08. The van der Waals surface area contributed by atoms with Crippen LogP contribution in [-0.4, -0.2) is 63.3 Å². The number of carbonyl (C=O) groups excluding carboxylic acids is 3. The number of aryl methyl sites for hydroxylation is 1. The van der Waals surface area contributed by atoms with Gasteiger partial charge < -0.3 is 15.2 Å². The molecule has 0 bridgehead atoms. The van der Waals surface area contributed by atoms with Crippen LogP contribution in [0.25, 0.3) is 0 Å². The van der Waals surface area contributed by atoms with Gasteiger partial charge in [-0.2, -0.15) is 0 Å². The lowest BCUT2D eigenvalue weighted by atomic mass is 9.93. The normalized spacial score (nSPS) is 20.9. The summed E-state index contributed by atoms with van der Waals surface area (Å²) < 4.78 is 0. The molecule has 2 N–H and O–H groups in total. The second-order valence-corrected chi connectivity index (χ2v) is 7.11. The first kappa shape index (κ1) is 19.1. The highest BCUT2D eigenvalue weighted by Crippen LogP contribution is 2.26. The number of likely N-dealkylation sites (tertiary alicyclic amines) is 1. The van der Waals surface area contributed by atoms with Crippen molar-refractivity contribution in [2.45, 2.75) is 51.5 Å². The number of carbonyl (C=O) groups is 3. The minimum Gasteiger partial charge on any atom is -0.343 e. The summed E-state index contributed by atoms with van der Waals surface area (Å²) in [5.74, 6) is 0.264. The van der Waals surface area contributed by atoms with E-state index in [1.165, 1.54) is 11.0 Å². The molecule has 0 saturated carbocycles. The van der Waals surface area contributed by atoms with Crippen molar-refractivity contribution in [3.05, 3.63) is 27.9 Å². The zero-order valence-corrected chi connectivity index (χ0v) is 15.7. The summed E-state index contributed by atoms with van der Waals surface area (Å²) in [7, 11) is 0. The molecule has 9 heteroatoms. The van der Waals surface area contributed by atoms with Gasteiger partial charge in [-0.1, -0.05) is 6.92 Å². The smallest absolute Gasteiger partial charge is 0.324 e. The Bertz CT molecular complexity index is 797. The van der Waals surface area contributed by atoms with Crippen molar-refractivity contribution in [3.63, 3.8) is 0 Å². The predicted molar refractivity (Wildman–Crippen MR) is 97.1 cm³/mol. The number of hydrogen-bond donors (Lipinski definition) is 2. The summed E-state index contributed by atoms with van der Waals surface area (Å²) in [6.45, 7) is 5.09. The lowest BCUT2D eigenvalue weighted by molar-refractivity contribution is -0.136. The number of H-pyrrole nitrogens is 1. The number of imide groups is 1. The Balaban J connectivity index is 1.55. The molecule has 0 aliphatic carbocycles. The van der Waals surface area contributed by atoms with Crippen LogP contribution in [0.4, 0.5) is 4.79 Å². The Labute approximate surface area is 157 Å². The first-order chi connectivity index (χ1) is 12.9. The van der Waals surface area contributed by atoms with Gasteiger partial charge in [0.1, 0.15) is 11.9 Å². The summed E-state index contributed by atoms with van der Waals surface area (Å²) >= 11 is 0. The minimum atomic E-state index is -0.772. The SMILES string of the molecule is CCCN1C(=O)N[C@@H](CC(=O)N2CCC(c3cc(=O)[nH]c(C)n3)CC2)C1=O. The third kappa shape index (κ3) is 4.17. The first-order valence-corrected chi connectivity index (χ1v) is 9.36. The fraction of sp³-hybridized carbons (Fsp3) is 0.611. The molecule has 1 atom stereocenters. The van der Waals surface area contributed by atoms with Crippen LogP contribution >= 0.6 is 0 Å². The van der Waals surface area contributed by atoms with Crippen molar-refractivity contribution >= 4 is 17.8 Å². The summed E-state index contributed by atoms with van der Waals surface area (Å²) in [6.07, 6.45) is 2.10. The van der Waals surface area contributed by atoms with Gasteiger partial charge in [-0.3, -0.25) is 19.3 Å². The first-order valence-electron chi connectivity index (χ1n) is 9.36. The van der Waals surface area contributed by atoms with E-state index < -0.39 is 12.1 Å². The molecule has 0 aromatic carbocycles. The van der Waals surface area contributed by atoms with E-state index in [1.54, 1.807) is 11.8 Å². The van der Waals surface area contributed by atoms with E-state index in [2.05, 4.69) is 15.3 Å². The third-order valence-electron chi connectivity index (χ3n) is 5.08. The molecule has 1 aromatic rings. The Morgan fingerprint density at radius 2 is 1.96 bits per heavy atom. The number of urea groups is 1. The minimum absolute atomic E-state index is 0.0161. The van der Waals surface area contributed by atoms with Crippen LogP contribution in [-0.2, 0) is 9.59 Å². The Kier molecular flexibility index (Phi) is 5.57. The van der Waals surface area contributed by atoms with Crippen LogP contribution < -0.4 is 10.9 Å². The van der Waals surface area contributed by atoms with Gasteiger partial charge in [-0.25, -0.2) is 9.78 Å². The molecule has 2 fully saturated rings. The zero-order chi connectivity index (χ0) is 19.6. The van der Waals surface area contributed by atoms with Gasteiger partial charge in [-0.05, 0) is 26.2 Å². The lowest BCUT2D eigenvalue weighted by Crippen LogP contribution is -2.42. The van der Waals surface area contributed by atoms with E-state index in [0.717, 1.165) is 5.69 Å². The van der Waals surface area contributed by atoms with Gasteiger partial charge in [0.15, 0.2) is 0 Å². The number of piperidine rings is 1. The Morgan fingerprint density at radius 1 is 1.26 bits per heavy atom. The fourth-order valence-electron chi connectivity index (χ4n) is 3.69.